The summed E-state index contributed by atoms with van der Waals surface area (Å²) in [6, 6.07) is 5.28. The molecule has 0 aliphatic heterocycles. The van der Waals surface area contributed by atoms with E-state index in [1.807, 2.05) is 22.9 Å². The molecule has 1 aromatic carbocycles. The fourth-order valence-electron chi connectivity index (χ4n) is 1.53. The SMILES string of the molecule is NC(Cn1ccnc1)c1cccc(Cl)c1Cl. The molecule has 2 N–H and O–H groups in total. The second-order valence-corrected chi connectivity index (χ2v) is 4.29. The highest BCUT2D eigenvalue weighted by atomic mass is 35.5. The number of benzene rings is 1. The number of nitrogens with two attached hydrogens (primary N) is 1. The highest BCUT2D eigenvalue weighted by molar-refractivity contribution is 6.42. The first-order valence-corrected chi connectivity index (χ1v) is 5.59. The van der Waals surface area contributed by atoms with E-state index in [9.17, 15) is 0 Å². The zero-order valence-electron chi connectivity index (χ0n) is 8.48. The Balaban J connectivity index is 2.21. The second-order valence-electron chi connectivity index (χ2n) is 3.51. The van der Waals surface area contributed by atoms with Crippen LogP contribution in [0.1, 0.15) is 11.6 Å². The molecule has 1 aromatic heterocycles. The normalized spacial score (nSPS) is 12.7. The first-order valence-electron chi connectivity index (χ1n) is 4.83. The minimum atomic E-state index is -0.194. The van der Waals surface area contributed by atoms with Crippen LogP contribution in [0.2, 0.25) is 10.0 Å². The third kappa shape index (κ3) is 2.38. The van der Waals surface area contributed by atoms with Crippen molar-refractivity contribution in [1.29, 1.82) is 0 Å². The summed E-state index contributed by atoms with van der Waals surface area (Å²) in [7, 11) is 0. The maximum absolute atomic E-state index is 6.09. The molecule has 2 rings (SSSR count). The van der Waals surface area contributed by atoms with Crippen LogP contribution in [0.3, 0.4) is 0 Å². The van der Waals surface area contributed by atoms with Gasteiger partial charge in [0.25, 0.3) is 0 Å². The highest BCUT2D eigenvalue weighted by Crippen LogP contribution is 2.29. The van der Waals surface area contributed by atoms with Gasteiger partial charge in [-0.2, -0.15) is 0 Å². The fraction of sp³-hybridized carbons (Fsp3) is 0.182. The summed E-state index contributed by atoms with van der Waals surface area (Å²) < 4.78 is 1.90. The summed E-state index contributed by atoms with van der Waals surface area (Å²) in [4.78, 5) is 3.96. The van der Waals surface area contributed by atoms with Gasteiger partial charge in [0.05, 0.1) is 16.4 Å². The van der Waals surface area contributed by atoms with Crippen molar-refractivity contribution in [3.63, 3.8) is 0 Å². The Kier molecular flexibility index (Phi) is 3.49. The summed E-state index contributed by atoms with van der Waals surface area (Å²) in [5.41, 5.74) is 6.91. The van der Waals surface area contributed by atoms with Crippen LogP contribution >= 0.6 is 23.2 Å². The highest BCUT2D eigenvalue weighted by Gasteiger charge is 2.12. The van der Waals surface area contributed by atoms with Crippen molar-refractivity contribution < 1.29 is 0 Å². The van der Waals surface area contributed by atoms with E-state index in [1.165, 1.54) is 0 Å². The number of rotatable bonds is 3. The van der Waals surface area contributed by atoms with Crippen LogP contribution in [0.5, 0.6) is 0 Å². The minimum absolute atomic E-state index is 0.194. The van der Waals surface area contributed by atoms with Crippen LogP contribution in [-0.4, -0.2) is 9.55 Å². The monoisotopic (exact) mass is 255 g/mol. The number of imidazole rings is 1. The molecule has 0 saturated carbocycles. The molecule has 0 fully saturated rings. The van der Waals surface area contributed by atoms with Crippen molar-refractivity contribution in [3.8, 4) is 0 Å². The summed E-state index contributed by atoms with van der Waals surface area (Å²) in [6.07, 6.45) is 5.29. The number of halogens is 2. The van der Waals surface area contributed by atoms with E-state index in [0.29, 0.717) is 16.6 Å². The van der Waals surface area contributed by atoms with Crippen molar-refractivity contribution in [2.45, 2.75) is 12.6 Å². The summed E-state index contributed by atoms with van der Waals surface area (Å²) >= 11 is 12.0. The average Bonchev–Trinajstić information content (AvgIpc) is 2.74. The smallest absolute Gasteiger partial charge is 0.0946 e. The van der Waals surface area contributed by atoms with Gasteiger partial charge < -0.3 is 10.3 Å². The standard InChI is InChI=1S/C11H11Cl2N3/c12-9-3-1-2-8(11(9)13)10(14)6-16-5-4-15-7-16/h1-5,7,10H,6,14H2. The third-order valence-electron chi connectivity index (χ3n) is 2.35. The van der Waals surface area contributed by atoms with Crippen molar-refractivity contribution in [2.75, 3.05) is 0 Å². The summed E-state index contributed by atoms with van der Waals surface area (Å²) in [5.74, 6) is 0. The molecule has 1 atom stereocenters. The van der Waals surface area contributed by atoms with E-state index >= 15 is 0 Å². The molecule has 0 radical (unpaired) electrons. The first kappa shape index (κ1) is 11.5. The number of nitrogens with zero attached hydrogens (tertiary/aromatic N) is 2. The average molecular weight is 256 g/mol. The lowest BCUT2D eigenvalue weighted by Crippen LogP contribution is -2.17. The summed E-state index contributed by atoms with van der Waals surface area (Å²) in [6.45, 7) is 0.625. The number of hydrogen-bond donors (Lipinski definition) is 1. The van der Waals surface area contributed by atoms with Gasteiger partial charge in [-0.25, -0.2) is 4.98 Å². The molecule has 0 saturated heterocycles. The predicted molar refractivity (Wildman–Crippen MR) is 65.6 cm³/mol. The first-order chi connectivity index (χ1) is 7.68. The molecule has 0 aliphatic carbocycles. The maximum Gasteiger partial charge on any atom is 0.0946 e. The van der Waals surface area contributed by atoms with Gasteiger partial charge >= 0.3 is 0 Å². The molecule has 0 spiro atoms. The molecule has 84 valence electrons. The van der Waals surface area contributed by atoms with Gasteiger partial charge in [0.15, 0.2) is 0 Å². The van der Waals surface area contributed by atoms with Crippen molar-refractivity contribution in [2.24, 2.45) is 5.73 Å². The van der Waals surface area contributed by atoms with Gasteiger partial charge in [-0.3, -0.25) is 0 Å². The molecule has 16 heavy (non-hydrogen) atoms. The van der Waals surface area contributed by atoms with Crippen LogP contribution in [0.4, 0.5) is 0 Å². The quantitative estimate of drug-likeness (QED) is 0.917. The Bertz CT molecular complexity index is 468. The molecule has 0 aliphatic rings. The Morgan fingerprint density at radius 2 is 2.19 bits per heavy atom. The van der Waals surface area contributed by atoms with E-state index in [-0.39, 0.29) is 6.04 Å². The molecule has 3 nitrogen and oxygen atoms in total. The van der Waals surface area contributed by atoms with Crippen LogP contribution in [0, 0.1) is 0 Å². The van der Waals surface area contributed by atoms with Gasteiger partial charge in [0.1, 0.15) is 0 Å². The zero-order chi connectivity index (χ0) is 11.5. The van der Waals surface area contributed by atoms with Crippen molar-refractivity contribution in [3.05, 3.63) is 52.5 Å². The predicted octanol–water partition coefficient (Wildman–Crippen LogP) is 2.89. The Hall–Kier alpha value is -1.03. The second kappa shape index (κ2) is 4.87. The van der Waals surface area contributed by atoms with Gasteiger partial charge in [0.2, 0.25) is 0 Å². The zero-order valence-corrected chi connectivity index (χ0v) is 9.99. The van der Waals surface area contributed by atoms with Crippen molar-refractivity contribution in [1.82, 2.24) is 9.55 Å². The van der Waals surface area contributed by atoms with Gasteiger partial charge in [-0.15, -0.1) is 0 Å². The minimum Gasteiger partial charge on any atom is -0.336 e. The molecule has 1 unspecified atom stereocenters. The van der Waals surface area contributed by atoms with Crippen LogP contribution in [0.15, 0.2) is 36.9 Å². The molecule has 1 heterocycles. The molecular weight excluding hydrogens is 245 g/mol. The molecule has 5 heteroatoms. The third-order valence-corrected chi connectivity index (χ3v) is 3.18. The Morgan fingerprint density at radius 3 is 2.88 bits per heavy atom. The van der Waals surface area contributed by atoms with Gasteiger partial charge in [0, 0.05) is 25.0 Å². The lowest BCUT2D eigenvalue weighted by Gasteiger charge is -2.14. The fourth-order valence-corrected chi connectivity index (χ4v) is 1.98. The van der Waals surface area contributed by atoms with Gasteiger partial charge in [-0.05, 0) is 11.6 Å². The number of hydrogen-bond acceptors (Lipinski definition) is 2. The van der Waals surface area contributed by atoms with Gasteiger partial charge in [-0.1, -0.05) is 35.3 Å². The lowest BCUT2D eigenvalue weighted by atomic mass is 10.1. The van der Waals surface area contributed by atoms with E-state index < -0.39 is 0 Å². The Morgan fingerprint density at radius 1 is 1.38 bits per heavy atom. The van der Waals surface area contributed by atoms with E-state index in [2.05, 4.69) is 4.98 Å². The topological polar surface area (TPSA) is 43.8 Å². The van der Waals surface area contributed by atoms with Crippen LogP contribution in [-0.2, 0) is 6.54 Å². The van der Waals surface area contributed by atoms with Crippen LogP contribution < -0.4 is 5.73 Å². The maximum atomic E-state index is 6.09. The lowest BCUT2D eigenvalue weighted by molar-refractivity contribution is 0.577. The van der Waals surface area contributed by atoms with E-state index in [4.69, 9.17) is 28.9 Å². The Labute approximate surface area is 104 Å². The van der Waals surface area contributed by atoms with E-state index in [0.717, 1.165) is 5.56 Å². The summed E-state index contributed by atoms with van der Waals surface area (Å²) in [5, 5.41) is 1.05. The molecule has 0 bridgehead atoms. The molecule has 2 aromatic rings. The molecular formula is C11H11Cl2N3. The van der Waals surface area contributed by atoms with Crippen LogP contribution in [0.25, 0.3) is 0 Å². The largest absolute Gasteiger partial charge is 0.336 e. The number of aromatic nitrogens is 2. The van der Waals surface area contributed by atoms with E-state index in [1.54, 1.807) is 18.6 Å². The molecule has 0 amide bonds. The van der Waals surface area contributed by atoms with Crippen molar-refractivity contribution >= 4 is 23.2 Å².